The molecular formula is C19H17N5O. The number of H-pyrrole nitrogens is 1. The van der Waals surface area contributed by atoms with Gasteiger partial charge in [0.2, 0.25) is 0 Å². The minimum Gasteiger partial charge on any atom is -0.361 e. The number of aromatic amines is 1. The summed E-state index contributed by atoms with van der Waals surface area (Å²) in [5.74, 6) is -0.0258. The number of benzene rings is 1. The molecule has 6 heteroatoms. The summed E-state index contributed by atoms with van der Waals surface area (Å²) in [5, 5.41) is 5.55. The maximum absolute atomic E-state index is 13.0. The van der Waals surface area contributed by atoms with Gasteiger partial charge in [0.25, 0.3) is 5.91 Å². The number of rotatable bonds is 4. The van der Waals surface area contributed by atoms with Crippen molar-refractivity contribution in [3.05, 3.63) is 66.2 Å². The Bertz CT molecular complexity index is 1040. The lowest BCUT2D eigenvalue weighted by molar-refractivity contribution is 0.0723. The quantitative estimate of drug-likeness (QED) is 0.625. The molecule has 0 unspecified atom stereocenters. The third kappa shape index (κ3) is 2.55. The third-order valence-corrected chi connectivity index (χ3v) is 4.67. The van der Waals surface area contributed by atoms with E-state index in [2.05, 4.69) is 39.3 Å². The molecule has 1 aliphatic carbocycles. The van der Waals surface area contributed by atoms with Gasteiger partial charge in [-0.15, -0.1) is 0 Å². The first-order valence-corrected chi connectivity index (χ1v) is 8.45. The number of nitrogens with zero attached hydrogens (tertiary/aromatic N) is 4. The molecule has 1 amide bonds. The highest BCUT2D eigenvalue weighted by atomic mass is 16.2. The molecule has 1 saturated carbocycles. The molecule has 1 N–H and O–H groups in total. The zero-order valence-corrected chi connectivity index (χ0v) is 13.6. The Morgan fingerprint density at radius 1 is 1.28 bits per heavy atom. The second-order valence-corrected chi connectivity index (χ2v) is 6.52. The molecule has 0 bridgehead atoms. The number of hydrogen-bond acceptors (Lipinski definition) is 3. The van der Waals surface area contributed by atoms with Gasteiger partial charge in [0.05, 0.1) is 0 Å². The van der Waals surface area contributed by atoms with Gasteiger partial charge >= 0.3 is 0 Å². The van der Waals surface area contributed by atoms with E-state index in [0.717, 1.165) is 29.3 Å². The summed E-state index contributed by atoms with van der Waals surface area (Å²) in [6.07, 6.45) is 7.56. The summed E-state index contributed by atoms with van der Waals surface area (Å²) < 4.78 is 1.64. The third-order valence-electron chi connectivity index (χ3n) is 4.67. The fourth-order valence-corrected chi connectivity index (χ4v) is 3.23. The van der Waals surface area contributed by atoms with E-state index in [1.807, 2.05) is 11.1 Å². The Morgan fingerprint density at radius 2 is 2.20 bits per heavy atom. The Balaban J connectivity index is 1.46. The SMILES string of the molecule is O=C(c1cc2ncccn2n1)N(Cc1ccc2[nH]ccc2c1)C1CC1. The van der Waals surface area contributed by atoms with Crippen LogP contribution in [0.3, 0.4) is 0 Å². The van der Waals surface area contributed by atoms with Crippen molar-refractivity contribution in [3.63, 3.8) is 0 Å². The number of hydrogen-bond donors (Lipinski definition) is 1. The molecule has 124 valence electrons. The summed E-state index contributed by atoms with van der Waals surface area (Å²) >= 11 is 0. The maximum Gasteiger partial charge on any atom is 0.275 e. The lowest BCUT2D eigenvalue weighted by Crippen LogP contribution is -2.32. The monoisotopic (exact) mass is 331 g/mol. The molecule has 1 fully saturated rings. The molecule has 1 aromatic carbocycles. The van der Waals surface area contributed by atoms with Crippen LogP contribution in [0.25, 0.3) is 16.6 Å². The van der Waals surface area contributed by atoms with Gasteiger partial charge in [0, 0.05) is 42.8 Å². The summed E-state index contributed by atoms with van der Waals surface area (Å²) in [4.78, 5) is 22.4. The van der Waals surface area contributed by atoms with E-state index in [0.29, 0.717) is 23.9 Å². The van der Waals surface area contributed by atoms with Crippen LogP contribution in [0.15, 0.2) is 55.0 Å². The highest BCUT2D eigenvalue weighted by Crippen LogP contribution is 2.30. The van der Waals surface area contributed by atoms with Crippen molar-refractivity contribution in [2.24, 2.45) is 0 Å². The van der Waals surface area contributed by atoms with Crippen LogP contribution in [0.5, 0.6) is 0 Å². The van der Waals surface area contributed by atoms with Crippen molar-refractivity contribution in [3.8, 4) is 0 Å². The van der Waals surface area contributed by atoms with Crippen LogP contribution in [-0.4, -0.2) is 36.4 Å². The smallest absolute Gasteiger partial charge is 0.275 e. The summed E-state index contributed by atoms with van der Waals surface area (Å²) in [7, 11) is 0. The molecule has 0 radical (unpaired) electrons. The van der Waals surface area contributed by atoms with E-state index >= 15 is 0 Å². The van der Waals surface area contributed by atoms with Gasteiger partial charge in [0.1, 0.15) is 0 Å². The minimum atomic E-state index is -0.0258. The van der Waals surface area contributed by atoms with E-state index in [1.165, 1.54) is 0 Å². The second kappa shape index (κ2) is 5.44. The molecule has 3 aromatic heterocycles. The number of aromatic nitrogens is 4. The van der Waals surface area contributed by atoms with Crippen LogP contribution in [0.4, 0.5) is 0 Å². The van der Waals surface area contributed by atoms with Crippen LogP contribution in [-0.2, 0) is 6.54 Å². The topological polar surface area (TPSA) is 66.3 Å². The first kappa shape index (κ1) is 14.2. The standard InChI is InChI=1S/C19H17N5O/c25-19(17-11-18-21-7-1-9-24(18)22-17)23(15-3-4-15)12-13-2-5-16-14(10-13)6-8-20-16/h1-2,5-11,15,20H,3-4,12H2. The van der Waals surface area contributed by atoms with Crippen LogP contribution >= 0.6 is 0 Å². The van der Waals surface area contributed by atoms with Gasteiger partial charge in [0.15, 0.2) is 11.3 Å². The number of carbonyl (C=O) groups excluding carboxylic acids is 1. The molecule has 0 saturated heterocycles. The molecule has 1 aliphatic rings. The summed E-state index contributed by atoms with van der Waals surface area (Å²) in [5.41, 5.74) is 3.39. The van der Waals surface area contributed by atoms with Crippen molar-refractivity contribution in [1.82, 2.24) is 24.5 Å². The molecule has 0 spiro atoms. The van der Waals surface area contributed by atoms with Crippen LogP contribution in [0, 0.1) is 0 Å². The number of nitrogens with one attached hydrogen (secondary N) is 1. The van der Waals surface area contributed by atoms with Crippen molar-refractivity contribution < 1.29 is 4.79 Å². The van der Waals surface area contributed by atoms with Gasteiger partial charge in [-0.1, -0.05) is 6.07 Å². The number of fused-ring (bicyclic) bond motifs is 2. The molecular weight excluding hydrogens is 314 g/mol. The Labute approximate surface area is 144 Å². The van der Waals surface area contributed by atoms with Crippen molar-refractivity contribution >= 4 is 22.5 Å². The van der Waals surface area contributed by atoms with Crippen LogP contribution < -0.4 is 0 Å². The minimum absolute atomic E-state index is 0.0258. The lowest BCUT2D eigenvalue weighted by Gasteiger charge is -2.21. The maximum atomic E-state index is 13.0. The van der Waals surface area contributed by atoms with Crippen molar-refractivity contribution in [2.75, 3.05) is 0 Å². The molecule has 25 heavy (non-hydrogen) atoms. The Kier molecular flexibility index (Phi) is 3.09. The lowest BCUT2D eigenvalue weighted by atomic mass is 10.1. The molecule has 5 rings (SSSR count). The largest absolute Gasteiger partial charge is 0.361 e. The molecule has 3 heterocycles. The van der Waals surface area contributed by atoms with Gasteiger partial charge in [-0.2, -0.15) is 5.10 Å². The van der Waals surface area contributed by atoms with Gasteiger partial charge in [-0.3, -0.25) is 4.79 Å². The second-order valence-electron chi connectivity index (χ2n) is 6.52. The Hall–Kier alpha value is -3.15. The van der Waals surface area contributed by atoms with Crippen molar-refractivity contribution in [2.45, 2.75) is 25.4 Å². The fraction of sp³-hybridized carbons (Fsp3) is 0.211. The van der Waals surface area contributed by atoms with E-state index in [9.17, 15) is 4.79 Å². The van der Waals surface area contributed by atoms with E-state index < -0.39 is 0 Å². The highest BCUT2D eigenvalue weighted by molar-refractivity contribution is 5.93. The van der Waals surface area contributed by atoms with Gasteiger partial charge in [-0.05, 0) is 48.1 Å². The zero-order valence-electron chi connectivity index (χ0n) is 13.6. The first-order chi connectivity index (χ1) is 12.3. The van der Waals surface area contributed by atoms with Crippen molar-refractivity contribution in [1.29, 1.82) is 0 Å². The molecule has 0 aliphatic heterocycles. The Morgan fingerprint density at radius 3 is 3.04 bits per heavy atom. The van der Waals surface area contributed by atoms with Gasteiger partial charge in [-0.25, -0.2) is 9.50 Å². The average Bonchev–Trinajstić information content (AvgIpc) is 3.20. The predicted molar refractivity (Wildman–Crippen MR) is 94.2 cm³/mol. The van der Waals surface area contributed by atoms with E-state index in [4.69, 9.17) is 0 Å². The van der Waals surface area contributed by atoms with E-state index in [1.54, 1.807) is 29.0 Å². The average molecular weight is 331 g/mol. The normalized spacial score (nSPS) is 14.2. The van der Waals surface area contributed by atoms with Crippen LogP contribution in [0.2, 0.25) is 0 Å². The molecule has 4 aromatic rings. The van der Waals surface area contributed by atoms with E-state index in [-0.39, 0.29) is 5.91 Å². The number of carbonyl (C=O) groups is 1. The zero-order chi connectivity index (χ0) is 16.8. The fourth-order valence-electron chi connectivity index (χ4n) is 3.23. The summed E-state index contributed by atoms with van der Waals surface area (Å²) in [6, 6.07) is 12.2. The highest BCUT2D eigenvalue weighted by Gasteiger charge is 2.34. The molecule has 0 atom stereocenters. The number of amides is 1. The van der Waals surface area contributed by atoms with Crippen LogP contribution in [0.1, 0.15) is 28.9 Å². The van der Waals surface area contributed by atoms with Gasteiger partial charge < -0.3 is 9.88 Å². The first-order valence-electron chi connectivity index (χ1n) is 8.45. The molecule has 6 nitrogen and oxygen atoms in total. The predicted octanol–water partition coefficient (Wildman–Crippen LogP) is 3.02. The summed E-state index contributed by atoms with van der Waals surface area (Å²) in [6.45, 7) is 0.603.